The van der Waals surface area contributed by atoms with Gasteiger partial charge in [0.15, 0.2) is 0 Å². The van der Waals surface area contributed by atoms with Crippen LogP contribution in [-0.2, 0) is 4.74 Å². The number of halogens is 1. The molecule has 1 aromatic heterocycles. The van der Waals surface area contributed by atoms with Crippen molar-refractivity contribution >= 4 is 29.7 Å². The van der Waals surface area contributed by atoms with E-state index in [1.807, 2.05) is 10.3 Å². The van der Waals surface area contributed by atoms with Gasteiger partial charge in [-0.1, -0.05) is 13.8 Å². The first-order chi connectivity index (χ1) is 10.1. The molecule has 2 fully saturated rings. The van der Waals surface area contributed by atoms with E-state index in [9.17, 15) is 4.79 Å². The standard InChI is InChI=1S/C15H23N3O2S.ClH/c1-11(2)13-17-12(9-21-13)14(19)18-7-8-20-15(10-18)3-5-16-6-4-15;/h9,11,16H,3-8,10H2,1-2H3;1H. The maximum absolute atomic E-state index is 12.7. The summed E-state index contributed by atoms with van der Waals surface area (Å²) in [6.45, 7) is 8.14. The van der Waals surface area contributed by atoms with E-state index >= 15 is 0 Å². The number of piperidine rings is 1. The molecule has 3 rings (SSSR count). The third-order valence-corrected chi connectivity index (χ3v) is 5.43. The second kappa shape index (κ2) is 7.25. The van der Waals surface area contributed by atoms with Crippen LogP contribution in [0.1, 0.15) is 48.1 Å². The van der Waals surface area contributed by atoms with Crippen LogP contribution in [0.5, 0.6) is 0 Å². The zero-order chi connectivity index (χ0) is 14.9. The van der Waals surface area contributed by atoms with E-state index in [-0.39, 0.29) is 23.9 Å². The molecule has 3 heterocycles. The predicted molar refractivity (Wildman–Crippen MR) is 90.1 cm³/mol. The SMILES string of the molecule is CC(C)c1nc(C(=O)N2CCOC3(CCNCC3)C2)cs1.Cl. The number of nitrogens with one attached hydrogen (secondary N) is 1. The number of carbonyl (C=O) groups excluding carboxylic acids is 1. The number of amides is 1. The Hall–Kier alpha value is -0.690. The van der Waals surface area contributed by atoms with Crippen molar-refractivity contribution in [2.45, 2.75) is 38.2 Å². The van der Waals surface area contributed by atoms with Gasteiger partial charge >= 0.3 is 0 Å². The van der Waals surface area contributed by atoms with E-state index in [4.69, 9.17) is 4.74 Å². The average Bonchev–Trinajstić information content (AvgIpc) is 2.97. The minimum Gasteiger partial charge on any atom is -0.371 e. The molecule has 22 heavy (non-hydrogen) atoms. The number of aromatic nitrogens is 1. The number of hydrogen-bond acceptors (Lipinski definition) is 5. The van der Waals surface area contributed by atoms with E-state index in [2.05, 4.69) is 24.1 Å². The molecule has 2 aliphatic rings. The summed E-state index contributed by atoms with van der Waals surface area (Å²) in [5.74, 6) is 0.427. The minimum atomic E-state index is -0.143. The highest BCUT2D eigenvalue weighted by atomic mass is 35.5. The number of carbonyl (C=O) groups is 1. The molecule has 0 unspecified atom stereocenters. The molecule has 1 spiro atoms. The van der Waals surface area contributed by atoms with E-state index in [1.165, 1.54) is 0 Å². The number of ether oxygens (including phenoxy) is 1. The van der Waals surface area contributed by atoms with Gasteiger partial charge in [-0.15, -0.1) is 23.7 Å². The van der Waals surface area contributed by atoms with Crippen molar-refractivity contribution in [2.24, 2.45) is 0 Å². The number of hydrogen-bond donors (Lipinski definition) is 1. The summed E-state index contributed by atoms with van der Waals surface area (Å²) in [4.78, 5) is 19.1. The lowest BCUT2D eigenvalue weighted by molar-refractivity contribution is -0.114. The van der Waals surface area contributed by atoms with Gasteiger partial charge in [0.05, 0.1) is 23.8 Å². The molecular weight excluding hydrogens is 322 g/mol. The fourth-order valence-corrected chi connectivity index (χ4v) is 3.83. The molecule has 0 aliphatic carbocycles. The summed E-state index contributed by atoms with van der Waals surface area (Å²) in [7, 11) is 0. The first kappa shape index (κ1) is 17.7. The molecule has 1 amide bonds. The van der Waals surface area contributed by atoms with Crippen molar-refractivity contribution < 1.29 is 9.53 Å². The lowest BCUT2D eigenvalue weighted by Gasteiger charge is -2.44. The number of thiazole rings is 1. The number of morpholine rings is 1. The van der Waals surface area contributed by atoms with Crippen molar-refractivity contribution in [3.8, 4) is 0 Å². The monoisotopic (exact) mass is 345 g/mol. The Morgan fingerprint density at radius 3 is 2.82 bits per heavy atom. The molecule has 0 saturated carbocycles. The van der Waals surface area contributed by atoms with Crippen molar-refractivity contribution in [3.05, 3.63) is 16.1 Å². The molecule has 1 aromatic rings. The average molecular weight is 346 g/mol. The van der Waals surface area contributed by atoms with Crippen molar-refractivity contribution in [2.75, 3.05) is 32.8 Å². The molecular formula is C15H24ClN3O2S. The van der Waals surface area contributed by atoms with Crippen LogP contribution in [0.25, 0.3) is 0 Å². The van der Waals surface area contributed by atoms with Crippen molar-refractivity contribution in [1.82, 2.24) is 15.2 Å². The normalized spacial score (nSPS) is 21.0. The van der Waals surface area contributed by atoms with Gasteiger partial charge in [0.2, 0.25) is 0 Å². The molecule has 0 bridgehead atoms. The molecule has 7 heteroatoms. The lowest BCUT2D eigenvalue weighted by Crippen LogP contribution is -2.57. The summed E-state index contributed by atoms with van der Waals surface area (Å²) in [5, 5.41) is 6.28. The lowest BCUT2D eigenvalue weighted by atomic mass is 9.90. The molecule has 0 atom stereocenters. The Balaban J connectivity index is 0.00000176. The smallest absolute Gasteiger partial charge is 0.273 e. The highest BCUT2D eigenvalue weighted by molar-refractivity contribution is 7.09. The fourth-order valence-electron chi connectivity index (χ4n) is 3.02. The van der Waals surface area contributed by atoms with E-state index < -0.39 is 0 Å². The van der Waals surface area contributed by atoms with Crippen LogP contribution in [0.15, 0.2) is 5.38 Å². The summed E-state index contributed by atoms with van der Waals surface area (Å²) in [6, 6.07) is 0. The summed E-state index contributed by atoms with van der Waals surface area (Å²) in [5.41, 5.74) is 0.450. The van der Waals surface area contributed by atoms with Crippen LogP contribution < -0.4 is 5.32 Å². The first-order valence-corrected chi connectivity index (χ1v) is 8.57. The van der Waals surface area contributed by atoms with Gasteiger partial charge in [-0.05, 0) is 25.9 Å². The van der Waals surface area contributed by atoms with E-state index in [0.29, 0.717) is 31.3 Å². The van der Waals surface area contributed by atoms with Gasteiger partial charge < -0.3 is 15.0 Å². The van der Waals surface area contributed by atoms with Gasteiger partial charge in [-0.2, -0.15) is 0 Å². The second-order valence-electron chi connectivity index (χ2n) is 6.23. The van der Waals surface area contributed by atoms with Crippen LogP contribution in [0.3, 0.4) is 0 Å². The Labute approximate surface area is 141 Å². The molecule has 1 N–H and O–H groups in total. The van der Waals surface area contributed by atoms with Crippen molar-refractivity contribution in [1.29, 1.82) is 0 Å². The molecule has 0 radical (unpaired) electrons. The zero-order valence-electron chi connectivity index (χ0n) is 13.1. The first-order valence-electron chi connectivity index (χ1n) is 7.69. The molecule has 5 nitrogen and oxygen atoms in total. The topological polar surface area (TPSA) is 54.5 Å². The van der Waals surface area contributed by atoms with Gasteiger partial charge in [-0.25, -0.2) is 4.98 Å². The van der Waals surface area contributed by atoms with Gasteiger partial charge in [0.1, 0.15) is 5.69 Å². The highest BCUT2D eigenvalue weighted by Gasteiger charge is 2.39. The maximum atomic E-state index is 12.7. The fraction of sp³-hybridized carbons (Fsp3) is 0.733. The Bertz CT molecular complexity index is 509. The highest BCUT2D eigenvalue weighted by Crippen LogP contribution is 2.28. The quantitative estimate of drug-likeness (QED) is 0.893. The third kappa shape index (κ3) is 3.62. The van der Waals surface area contributed by atoms with E-state index in [0.717, 1.165) is 30.9 Å². The summed E-state index contributed by atoms with van der Waals surface area (Å²) < 4.78 is 6.01. The largest absolute Gasteiger partial charge is 0.371 e. The van der Waals surface area contributed by atoms with Crippen LogP contribution in [0, 0.1) is 0 Å². The Kier molecular flexibility index (Phi) is 5.82. The number of rotatable bonds is 2. The molecule has 2 saturated heterocycles. The van der Waals surface area contributed by atoms with Crippen LogP contribution >= 0.6 is 23.7 Å². The summed E-state index contributed by atoms with van der Waals surface area (Å²) in [6.07, 6.45) is 1.95. The van der Waals surface area contributed by atoms with Crippen LogP contribution in [-0.4, -0.2) is 54.2 Å². The Morgan fingerprint density at radius 2 is 2.18 bits per heavy atom. The van der Waals surface area contributed by atoms with Crippen molar-refractivity contribution in [3.63, 3.8) is 0 Å². The predicted octanol–water partition coefficient (Wildman–Crippen LogP) is 2.28. The molecule has 0 aromatic carbocycles. The molecule has 124 valence electrons. The maximum Gasteiger partial charge on any atom is 0.273 e. The molecule has 2 aliphatic heterocycles. The van der Waals surface area contributed by atoms with Crippen LogP contribution in [0.4, 0.5) is 0 Å². The van der Waals surface area contributed by atoms with Crippen LogP contribution in [0.2, 0.25) is 0 Å². The van der Waals surface area contributed by atoms with E-state index in [1.54, 1.807) is 11.3 Å². The van der Waals surface area contributed by atoms with Gasteiger partial charge in [0, 0.05) is 17.8 Å². The Morgan fingerprint density at radius 1 is 1.45 bits per heavy atom. The van der Waals surface area contributed by atoms with Gasteiger partial charge in [0.25, 0.3) is 5.91 Å². The second-order valence-corrected chi connectivity index (χ2v) is 7.12. The minimum absolute atomic E-state index is 0. The third-order valence-electron chi connectivity index (χ3n) is 4.29. The van der Waals surface area contributed by atoms with Gasteiger partial charge in [-0.3, -0.25) is 4.79 Å². The zero-order valence-corrected chi connectivity index (χ0v) is 14.8. The number of nitrogens with zero attached hydrogens (tertiary/aromatic N) is 2. The summed E-state index contributed by atoms with van der Waals surface area (Å²) >= 11 is 1.58.